The lowest BCUT2D eigenvalue weighted by atomic mass is 10.0. The van der Waals surface area contributed by atoms with Crippen LogP contribution in [0.5, 0.6) is 0 Å². The highest BCUT2D eigenvalue weighted by Gasteiger charge is 2.31. The summed E-state index contributed by atoms with van der Waals surface area (Å²) in [6.07, 6.45) is 1.28. The van der Waals surface area contributed by atoms with Crippen molar-refractivity contribution in [2.45, 2.75) is 32.4 Å². The molecule has 0 bridgehead atoms. The van der Waals surface area contributed by atoms with Crippen molar-refractivity contribution in [1.29, 1.82) is 0 Å². The smallest absolute Gasteiger partial charge is 0.129 e. The summed E-state index contributed by atoms with van der Waals surface area (Å²) in [5.74, 6) is 0.947. The van der Waals surface area contributed by atoms with Gasteiger partial charge in [0.15, 0.2) is 0 Å². The van der Waals surface area contributed by atoms with E-state index in [-0.39, 0.29) is 5.54 Å². The van der Waals surface area contributed by atoms with Crippen molar-refractivity contribution in [2.75, 3.05) is 24.7 Å². The van der Waals surface area contributed by atoms with Crippen molar-refractivity contribution in [3.63, 3.8) is 0 Å². The number of aliphatic hydroxyl groups is 1. The minimum Gasteiger partial charge on any atom is -0.389 e. The summed E-state index contributed by atoms with van der Waals surface area (Å²) in [7, 11) is 0. The van der Waals surface area contributed by atoms with E-state index < -0.39 is 6.10 Å². The van der Waals surface area contributed by atoms with E-state index in [9.17, 15) is 5.11 Å². The van der Waals surface area contributed by atoms with Gasteiger partial charge in [0.05, 0.1) is 24.9 Å². The Kier molecular flexibility index (Phi) is 3.35. The van der Waals surface area contributed by atoms with Gasteiger partial charge in [0.2, 0.25) is 0 Å². The van der Waals surface area contributed by atoms with Gasteiger partial charge in [-0.1, -0.05) is 6.07 Å². The first kappa shape index (κ1) is 12.3. The van der Waals surface area contributed by atoms with Gasteiger partial charge in [-0.2, -0.15) is 0 Å². The molecule has 4 heteroatoms. The van der Waals surface area contributed by atoms with Gasteiger partial charge in [0.1, 0.15) is 5.82 Å². The minimum absolute atomic E-state index is 0.0302. The molecule has 1 fully saturated rings. The van der Waals surface area contributed by atoms with Crippen LogP contribution in [0.2, 0.25) is 0 Å². The van der Waals surface area contributed by atoms with Crippen LogP contribution in [0.3, 0.4) is 0 Å². The van der Waals surface area contributed by atoms with Crippen LogP contribution in [-0.2, 0) is 4.74 Å². The Balaban J connectivity index is 2.21. The molecule has 1 aliphatic rings. The summed E-state index contributed by atoms with van der Waals surface area (Å²) in [5, 5.41) is 9.45. The molecule has 0 aromatic carbocycles. The predicted octanol–water partition coefficient (Wildman–Crippen LogP) is 1.75. The molecule has 2 heterocycles. The number of morpholine rings is 1. The van der Waals surface area contributed by atoms with Crippen LogP contribution in [0.4, 0.5) is 5.82 Å². The number of ether oxygens (including phenoxy) is 1. The number of aliphatic hydroxyl groups excluding tert-OH is 1. The first-order valence-corrected chi connectivity index (χ1v) is 6.00. The molecule has 94 valence electrons. The third-order valence-electron chi connectivity index (χ3n) is 3.17. The molecule has 0 spiro atoms. The van der Waals surface area contributed by atoms with Gasteiger partial charge in [-0.3, -0.25) is 0 Å². The SMILES string of the molecule is C[C@@H](O)c1ccc(N2CCOCC2(C)C)nc1. The van der Waals surface area contributed by atoms with Gasteiger partial charge >= 0.3 is 0 Å². The molecule has 1 aliphatic heterocycles. The van der Waals surface area contributed by atoms with Crippen LogP contribution in [0.1, 0.15) is 32.4 Å². The molecule has 17 heavy (non-hydrogen) atoms. The van der Waals surface area contributed by atoms with E-state index >= 15 is 0 Å². The number of hydrogen-bond donors (Lipinski definition) is 1. The van der Waals surface area contributed by atoms with Crippen LogP contribution >= 0.6 is 0 Å². The first-order chi connectivity index (χ1) is 8.00. The molecule has 0 saturated carbocycles. The lowest BCUT2D eigenvalue weighted by Gasteiger charge is -2.43. The lowest BCUT2D eigenvalue weighted by molar-refractivity contribution is 0.0639. The monoisotopic (exact) mass is 236 g/mol. The fourth-order valence-electron chi connectivity index (χ4n) is 2.09. The molecule has 0 radical (unpaired) electrons. The van der Waals surface area contributed by atoms with Gasteiger partial charge < -0.3 is 14.7 Å². The maximum Gasteiger partial charge on any atom is 0.129 e. The standard InChI is InChI=1S/C13H20N2O2/c1-10(16)11-4-5-12(14-8-11)15-6-7-17-9-13(15,2)3/h4-5,8,10,16H,6-7,9H2,1-3H3/t10-/m1/s1. The fourth-order valence-corrected chi connectivity index (χ4v) is 2.09. The number of rotatable bonds is 2. The van der Waals surface area contributed by atoms with Gasteiger partial charge in [-0.15, -0.1) is 0 Å². The van der Waals surface area contributed by atoms with Gasteiger partial charge in [0.25, 0.3) is 0 Å². The molecule has 1 atom stereocenters. The van der Waals surface area contributed by atoms with Gasteiger partial charge in [-0.25, -0.2) is 4.98 Å². The van der Waals surface area contributed by atoms with E-state index in [0.29, 0.717) is 6.61 Å². The van der Waals surface area contributed by atoms with Crippen LogP contribution in [0, 0.1) is 0 Å². The van der Waals surface area contributed by atoms with Crippen LogP contribution < -0.4 is 4.90 Å². The van der Waals surface area contributed by atoms with Crippen LogP contribution in [-0.4, -0.2) is 35.4 Å². The Morgan fingerprint density at radius 3 is 2.76 bits per heavy atom. The topological polar surface area (TPSA) is 45.6 Å². The maximum atomic E-state index is 9.45. The average Bonchev–Trinajstić information content (AvgIpc) is 2.28. The molecule has 4 nitrogen and oxygen atoms in total. The van der Waals surface area contributed by atoms with Gasteiger partial charge in [-0.05, 0) is 32.4 Å². The third-order valence-corrected chi connectivity index (χ3v) is 3.17. The second-order valence-corrected chi connectivity index (χ2v) is 5.14. The number of pyridine rings is 1. The summed E-state index contributed by atoms with van der Waals surface area (Å²) in [6.45, 7) is 8.35. The molecule has 0 aliphatic carbocycles. The predicted molar refractivity (Wildman–Crippen MR) is 67.1 cm³/mol. The van der Waals surface area contributed by atoms with Crippen molar-refractivity contribution in [1.82, 2.24) is 4.98 Å². The Labute approximate surface area is 102 Å². The van der Waals surface area contributed by atoms with Gasteiger partial charge in [0, 0.05) is 12.7 Å². The summed E-state index contributed by atoms with van der Waals surface area (Å²) in [6, 6.07) is 3.90. The first-order valence-electron chi connectivity index (χ1n) is 6.00. The Morgan fingerprint density at radius 1 is 1.47 bits per heavy atom. The highest BCUT2D eigenvalue weighted by molar-refractivity contribution is 5.43. The molecular weight excluding hydrogens is 216 g/mol. The second-order valence-electron chi connectivity index (χ2n) is 5.14. The average molecular weight is 236 g/mol. The number of aromatic nitrogens is 1. The molecule has 1 N–H and O–H groups in total. The number of nitrogens with zero attached hydrogens (tertiary/aromatic N) is 2. The van der Waals surface area contributed by atoms with Crippen molar-refractivity contribution in [3.05, 3.63) is 23.9 Å². The third kappa shape index (κ3) is 2.58. The van der Waals surface area contributed by atoms with Crippen molar-refractivity contribution in [2.24, 2.45) is 0 Å². The Bertz CT molecular complexity index is 374. The summed E-state index contributed by atoms with van der Waals surface area (Å²) in [4.78, 5) is 6.68. The summed E-state index contributed by atoms with van der Waals surface area (Å²) in [5.41, 5.74) is 0.817. The highest BCUT2D eigenvalue weighted by atomic mass is 16.5. The van der Waals surface area contributed by atoms with Crippen LogP contribution in [0.15, 0.2) is 18.3 Å². The fraction of sp³-hybridized carbons (Fsp3) is 0.615. The van der Waals surface area contributed by atoms with Crippen molar-refractivity contribution >= 4 is 5.82 Å². The molecule has 1 aromatic rings. The van der Waals surface area contributed by atoms with Crippen molar-refractivity contribution in [3.8, 4) is 0 Å². The number of anilines is 1. The van der Waals surface area contributed by atoms with E-state index in [1.807, 2.05) is 12.1 Å². The molecule has 0 unspecified atom stereocenters. The van der Waals surface area contributed by atoms with Crippen molar-refractivity contribution < 1.29 is 9.84 Å². The maximum absolute atomic E-state index is 9.45. The Morgan fingerprint density at radius 2 is 2.24 bits per heavy atom. The Hall–Kier alpha value is -1.13. The molecule has 1 aromatic heterocycles. The molecule has 2 rings (SSSR count). The number of hydrogen-bond acceptors (Lipinski definition) is 4. The highest BCUT2D eigenvalue weighted by Crippen LogP contribution is 2.25. The zero-order chi connectivity index (χ0) is 12.5. The zero-order valence-electron chi connectivity index (χ0n) is 10.7. The van der Waals surface area contributed by atoms with E-state index in [4.69, 9.17) is 4.74 Å². The normalized spacial score (nSPS) is 21.3. The lowest BCUT2D eigenvalue weighted by Crippen LogP contribution is -2.53. The molecule has 0 amide bonds. The van der Waals surface area contributed by atoms with E-state index in [0.717, 1.165) is 24.5 Å². The summed E-state index contributed by atoms with van der Waals surface area (Å²) < 4.78 is 5.49. The summed E-state index contributed by atoms with van der Waals surface area (Å²) >= 11 is 0. The van der Waals surface area contributed by atoms with E-state index in [1.54, 1.807) is 13.1 Å². The minimum atomic E-state index is -0.464. The van der Waals surface area contributed by atoms with E-state index in [1.165, 1.54) is 0 Å². The largest absolute Gasteiger partial charge is 0.389 e. The van der Waals surface area contributed by atoms with Crippen LogP contribution in [0.25, 0.3) is 0 Å². The second kappa shape index (κ2) is 4.63. The molecular formula is C13H20N2O2. The van der Waals surface area contributed by atoms with E-state index in [2.05, 4.69) is 23.7 Å². The zero-order valence-corrected chi connectivity index (χ0v) is 10.7. The molecule has 1 saturated heterocycles. The quantitative estimate of drug-likeness (QED) is 0.849.